The summed E-state index contributed by atoms with van der Waals surface area (Å²) in [4.78, 5) is 14.8. The maximum atomic E-state index is 12.2. The predicted octanol–water partition coefficient (Wildman–Crippen LogP) is 2.82. The van der Waals surface area contributed by atoms with Gasteiger partial charge in [0.2, 0.25) is 0 Å². The van der Waals surface area contributed by atoms with E-state index in [4.69, 9.17) is 4.74 Å². The molecule has 124 valence electrons. The normalized spacial score (nSPS) is 22.5. The van der Waals surface area contributed by atoms with Gasteiger partial charge in [0.1, 0.15) is 5.54 Å². The van der Waals surface area contributed by atoms with Crippen molar-refractivity contribution in [2.75, 3.05) is 26.2 Å². The van der Waals surface area contributed by atoms with Crippen LogP contribution in [0.4, 0.5) is 0 Å². The third kappa shape index (κ3) is 5.26. The summed E-state index contributed by atoms with van der Waals surface area (Å²) in [6, 6.07) is 0.720. The molecule has 1 heterocycles. The maximum Gasteiger partial charge on any atom is 0.326 e. The third-order valence-corrected chi connectivity index (χ3v) is 4.60. The van der Waals surface area contributed by atoms with E-state index in [0.29, 0.717) is 6.61 Å². The molecule has 0 spiro atoms. The highest BCUT2D eigenvalue weighted by Crippen LogP contribution is 2.25. The van der Waals surface area contributed by atoms with Gasteiger partial charge in [-0.25, -0.2) is 0 Å². The Hall–Kier alpha value is -0.610. The third-order valence-electron chi connectivity index (χ3n) is 4.60. The molecule has 2 atom stereocenters. The van der Waals surface area contributed by atoms with Gasteiger partial charge in [-0.05, 0) is 65.1 Å². The Morgan fingerprint density at radius 2 is 2.14 bits per heavy atom. The Morgan fingerprint density at radius 1 is 1.43 bits per heavy atom. The lowest BCUT2D eigenvalue weighted by atomic mass is 9.95. The summed E-state index contributed by atoms with van der Waals surface area (Å²) in [5.74, 6) is 0.603. The summed E-state index contributed by atoms with van der Waals surface area (Å²) in [5.41, 5.74) is -0.544. The lowest BCUT2D eigenvalue weighted by molar-refractivity contribution is -0.150. The van der Waals surface area contributed by atoms with Crippen LogP contribution in [-0.4, -0.2) is 48.7 Å². The SMILES string of the molecule is CCNC(C)(CCCN1CCCC1C(C)C)C(=O)OCC. The van der Waals surface area contributed by atoms with Gasteiger partial charge in [-0.3, -0.25) is 4.79 Å². The van der Waals surface area contributed by atoms with Crippen molar-refractivity contribution in [2.24, 2.45) is 5.92 Å². The second-order valence-electron chi connectivity index (χ2n) is 6.68. The van der Waals surface area contributed by atoms with Crippen LogP contribution < -0.4 is 5.32 Å². The monoisotopic (exact) mass is 298 g/mol. The Morgan fingerprint density at radius 3 is 2.71 bits per heavy atom. The van der Waals surface area contributed by atoms with Crippen LogP contribution in [0, 0.1) is 5.92 Å². The first-order chi connectivity index (χ1) is 9.94. The van der Waals surface area contributed by atoms with E-state index in [1.165, 1.54) is 19.4 Å². The number of nitrogens with zero attached hydrogens (tertiary/aromatic N) is 1. The number of ether oxygens (including phenoxy) is 1. The van der Waals surface area contributed by atoms with Crippen molar-refractivity contribution in [3.8, 4) is 0 Å². The molecule has 2 unspecified atom stereocenters. The van der Waals surface area contributed by atoms with E-state index < -0.39 is 5.54 Å². The molecule has 0 aliphatic carbocycles. The molecule has 1 aliphatic heterocycles. The fraction of sp³-hybridized carbons (Fsp3) is 0.941. The van der Waals surface area contributed by atoms with Crippen LogP contribution in [-0.2, 0) is 9.53 Å². The first kappa shape index (κ1) is 18.4. The van der Waals surface area contributed by atoms with Gasteiger partial charge in [-0.2, -0.15) is 0 Å². The van der Waals surface area contributed by atoms with Gasteiger partial charge in [0.25, 0.3) is 0 Å². The van der Waals surface area contributed by atoms with Crippen molar-refractivity contribution in [3.05, 3.63) is 0 Å². The zero-order valence-corrected chi connectivity index (χ0v) is 14.6. The molecular weight excluding hydrogens is 264 g/mol. The van der Waals surface area contributed by atoms with Crippen molar-refractivity contribution in [1.29, 1.82) is 0 Å². The molecule has 4 heteroatoms. The molecule has 0 aromatic rings. The number of nitrogens with one attached hydrogen (secondary N) is 1. The van der Waals surface area contributed by atoms with Crippen molar-refractivity contribution in [3.63, 3.8) is 0 Å². The molecule has 0 saturated carbocycles. The number of carbonyl (C=O) groups excluding carboxylic acids is 1. The van der Waals surface area contributed by atoms with Gasteiger partial charge in [0, 0.05) is 6.04 Å². The first-order valence-corrected chi connectivity index (χ1v) is 8.61. The van der Waals surface area contributed by atoms with Crippen molar-refractivity contribution >= 4 is 5.97 Å². The Balaban J connectivity index is 2.48. The topological polar surface area (TPSA) is 41.6 Å². The highest BCUT2D eigenvalue weighted by atomic mass is 16.5. The molecule has 0 bridgehead atoms. The highest BCUT2D eigenvalue weighted by Gasteiger charge is 2.34. The molecule has 1 rings (SSSR count). The summed E-state index contributed by atoms with van der Waals surface area (Å²) in [6.07, 6.45) is 4.50. The number of esters is 1. The van der Waals surface area contributed by atoms with Crippen molar-refractivity contribution in [2.45, 2.75) is 71.9 Å². The van der Waals surface area contributed by atoms with Crippen LogP contribution in [0.3, 0.4) is 0 Å². The molecule has 1 fully saturated rings. The van der Waals surface area contributed by atoms with Crippen molar-refractivity contribution in [1.82, 2.24) is 10.2 Å². The molecule has 0 aromatic carbocycles. The summed E-state index contributed by atoms with van der Waals surface area (Å²) in [6.45, 7) is 14.0. The van der Waals surface area contributed by atoms with Crippen LogP contribution in [0.25, 0.3) is 0 Å². The Bertz CT molecular complexity index is 320. The van der Waals surface area contributed by atoms with Crippen LogP contribution >= 0.6 is 0 Å². The number of rotatable bonds is 9. The molecular formula is C17H34N2O2. The van der Waals surface area contributed by atoms with Crippen LogP contribution in [0.15, 0.2) is 0 Å². The molecule has 21 heavy (non-hydrogen) atoms. The molecule has 1 saturated heterocycles. The second kappa shape index (κ2) is 8.74. The molecule has 1 N–H and O–H groups in total. The zero-order chi connectivity index (χ0) is 15.9. The summed E-state index contributed by atoms with van der Waals surface area (Å²) >= 11 is 0. The largest absolute Gasteiger partial charge is 0.465 e. The average molecular weight is 298 g/mol. The van der Waals surface area contributed by atoms with E-state index in [1.807, 2.05) is 20.8 Å². The van der Waals surface area contributed by atoms with Crippen molar-refractivity contribution < 1.29 is 9.53 Å². The fourth-order valence-electron chi connectivity index (χ4n) is 3.46. The Kier molecular flexibility index (Phi) is 7.67. The summed E-state index contributed by atoms with van der Waals surface area (Å²) < 4.78 is 5.23. The van der Waals surface area contributed by atoms with E-state index in [1.54, 1.807) is 0 Å². The number of hydrogen-bond donors (Lipinski definition) is 1. The molecule has 4 nitrogen and oxygen atoms in total. The van der Waals surface area contributed by atoms with E-state index >= 15 is 0 Å². The first-order valence-electron chi connectivity index (χ1n) is 8.61. The Labute approximate surface area is 130 Å². The van der Waals surface area contributed by atoms with E-state index in [0.717, 1.165) is 37.9 Å². The smallest absolute Gasteiger partial charge is 0.326 e. The predicted molar refractivity (Wildman–Crippen MR) is 87.4 cm³/mol. The van der Waals surface area contributed by atoms with E-state index in [2.05, 4.69) is 24.1 Å². The number of likely N-dealkylation sites (tertiary alicyclic amines) is 1. The van der Waals surface area contributed by atoms with Gasteiger partial charge < -0.3 is 15.0 Å². The van der Waals surface area contributed by atoms with Gasteiger partial charge >= 0.3 is 5.97 Å². The highest BCUT2D eigenvalue weighted by molar-refractivity contribution is 5.80. The molecule has 1 aliphatic rings. The van der Waals surface area contributed by atoms with Gasteiger partial charge in [0.15, 0.2) is 0 Å². The minimum absolute atomic E-state index is 0.117. The van der Waals surface area contributed by atoms with E-state index in [9.17, 15) is 4.79 Å². The minimum atomic E-state index is -0.544. The average Bonchev–Trinajstić information content (AvgIpc) is 2.88. The van der Waals surface area contributed by atoms with Gasteiger partial charge in [-0.1, -0.05) is 20.8 Å². The quantitative estimate of drug-likeness (QED) is 0.665. The molecule has 0 aromatic heterocycles. The van der Waals surface area contributed by atoms with Gasteiger partial charge in [0.05, 0.1) is 6.61 Å². The fourth-order valence-corrected chi connectivity index (χ4v) is 3.46. The standard InChI is InChI=1S/C17H34N2O2/c1-6-18-17(5,16(20)21-7-2)11-9-13-19-12-8-10-15(19)14(3)4/h14-15,18H,6-13H2,1-5H3. The van der Waals surface area contributed by atoms with Crippen LogP contribution in [0.1, 0.15) is 60.3 Å². The van der Waals surface area contributed by atoms with Gasteiger partial charge in [-0.15, -0.1) is 0 Å². The number of carbonyl (C=O) groups is 1. The molecule has 0 radical (unpaired) electrons. The second-order valence-corrected chi connectivity index (χ2v) is 6.68. The number of likely N-dealkylation sites (N-methyl/N-ethyl adjacent to an activating group) is 1. The zero-order valence-electron chi connectivity index (χ0n) is 14.6. The minimum Gasteiger partial charge on any atom is -0.465 e. The van der Waals surface area contributed by atoms with E-state index in [-0.39, 0.29) is 5.97 Å². The summed E-state index contributed by atoms with van der Waals surface area (Å²) in [5, 5.41) is 3.31. The molecule has 0 amide bonds. The van der Waals surface area contributed by atoms with Crippen LogP contribution in [0.5, 0.6) is 0 Å². The lowest BCUT2D eigenvalue weighted by Gasteiger charge is -2.31. The maximum absolute atomic E-state index is 12.2. The lowest BCUT2D eigenvalue weighted by Crippen LogP contribution is -2.50. The number of hydrogen-bond acceptors (Lipinski definition) is 4. The van der Waals surface area contributed by atoms with Crippen LogP contribution in [0.2, 0.25) is 0 Å². The summed E-state index contributed by atoms with van der Waals surface area (Å²) in [7, 11) is 0.